The highest BCUT2D eigenvalue weighted by Crippen LogP contribution is 2.41. The molecule has 0 aliphatic carbocycles. The van der Waals surface area contributed by atoms with Gasteiger partial charge >= 0.3 is 0 Å². The Bertz CT molecular complexity index is 1130. The van der Waals surface area contributed by atoms with Gasteiger partial charge < -0.3 is 18.9 Å². The number of rotatable bonds is 11. The summed E-state index contributed by atoms with van der Waals surface area (Å²) in [5, 5.41) is 0.659. The standard InChI is InChI=1S/C26H32N2O5S2/c1-5-30-19-14-17(15-20(31-6-2)24(19)32-7-3)25(29)28(16-18-10-9-13-33-18)26-27-23-21(34-4)11-8-12-22(23)35-26/h8,11-12,14-15,18H,5-7,9-10,13,16H2,1-4H3. The first kappa shape index (κ1) is 25.6. The predicted molar refractivity (Wildman–Crippen MR) is 142 cm³/mol. The van der Waals surface area contributed by atoms with Crippen molar-refractivity contribution in [1.82, 2.24) is 4.98 Å². The molecule has 7 nitrogen and oxygen atoms in total. The van der Waals surface area contributed by atoms with Gasteiger partial charge in [0, 0.05) is 17.1 Å². The number of carbonyl (C=O) groups excluding carboxylic acids is 1. The summed E-state index contributed by atoms with van der Waals surface area (Å²) in [6, 6.07) is 9.60. The van der Waals surface area contributed by atoms with Gasteiger partial charge in [0.1, 0.15) is 0 Å². The summed E-state index contributed by atoms with van der Waals surface area (Å²) < 4.78 is 24.5. The third-order valence-corrected chi connectivity index (χ3v) is 7.45. The molecule has 1 aliphatic heterocycles. The van der Waals surface area contributed by atoms with Crippen LogP contribution in [0, 0.1) is 0 Å². The third-order valence-electron chi connectivity index (χ3n) is 5.63. The molecular weight excluding hydrogens is 484 g/mol. The van der Waals surface area contributed by atoms with E-state index in [2.05, 4.69) is 6.07 Å². The minimum absolute atomic E-state index is 0.0218. The van der Waals surface area contributed by atoms with Crippen LogP contribution in [0.4, 0.5) is 5.13 Å². The summed E-state index contributed by atoms with van der Waals surface area (Å²) in [7, 11) is 0. The van der Waals surface area contributed by atoms with Crippen molar-refractivity contribution in [1.29, 1.82) is 0 Å². The first-order valence-electron chi connectivity index (χ1n) is 12.0. The van der Waals surface area contributed by atoms with Gasteiger partial charge in [0.2, 0.25) is 5.75 Å². The summed E-state index contributed by atoms with van der Waals surface area (Å²) in [4.78, 5) is 21.8. The number of fused-ring (bicyclic) bond motifs is 1. The lowest BCUT2D eigenvalue weighted by molar-refractivity contribution is 0.0916. The van der Waals surface area contributed by atoms with Gasteiger partial charge in [-0.2, -0.15) is 0 Å². The Hall–Kier alpha value is -2.49. The number of hydrogen-bond donors (Lipinski definition) is 0. The predicted octanol–water partition coefficient (Wildman–Crippen LogP) is 6.04. The Labute approximate surface area is 214 Å². The van der Waals surface area contributed by atoms with Crippen molar-refractivity contribution in [2.24, 2.45) is 0 Å². The molecule has 35 heavy (non-hydrogen) atoms. The molecule has 0 bridgehead atoms. The quantitative estimate of drug-likeness (QED) is 0.288. The Morgan fingerprint density at radius 2 is 1.86 bits per heavy atom. The van der Waals surface area contributed by atoms with Crippen molar-refractivity contribution in [3.05, 3.63) is 35.9 Å². The molecule has 1 unspecified atom stereocenters. The molecule has 1 amide bonds. The van der Waals surface area contributed by atoms with Crippen molar-refractivity contribution in [3.8, 4) is 17.2 Å². The average Bonchev–Trinajstić information content (AvgIpc) is 3.53. The molecule has 2 heterocycles. The van der Waals surface area contributed by atoms with Gasteiger partial charge in [0.15, 0.2) is 16.6 Å². The lowest BCUT2D eigenvalue weighted by Crippen LogP contribution is -2.37. The van der Waals surface area contributed by atoms with Crippen LogP contribution in [0.1, 0.15) is 44.0 Å². The zero-order valence-corrected chi connectivity index (χ0v) is 22.3. The number of carbonyl (C=O) groups is 1. The van der Waals surface area contributed by atoms with Crippen LogP contribution in [-0.4, -0.2) is 56.2 Å². The van der Waals surface area contributed by atoms with Gasteiger partial charge in [-0.05, 0) is 64.1 Å². The molecule has 1 saturated heterocycles. The minimum Gasteiger partial charge on any atom is -0.490 e. The molecule has 1 aromatic heterocycles. The van der Waals surface area contributed by atoms with Crippen LogP contribution in [0.3, 0.4) is 0 Å². The molecule has 3 aromatic rings. The van der Waals surface area contributed by atoms with E-state index in [1.807, 2.05) is 39.2 Å². The average molecular weight is 517 g/mol. The van der Waals surface area contributed by atoms with Crippen molar-refractivity contribution in [2.75, 3.05) is 44.1 Å². The lowest BCUT2D eigenvalue weighted by Gasteiger charge is -2.24. The second kappa shape index (κ2) is 12.0. The summed E-state index contributed by atoms with van der Waals surface area (Å²) in [5.41, 5.74) is 1.38. The van der Waals surface area contributed by atoms with Crippen LogP contribution in [0.5, 0.6) is 17.2 Å². The van der Waals surface area contributed by atoms with Crippen LogP contribution < -0.4 is 19.1 Å². The molecular formula is C26H32N2O5S2. The molecule has 1 atom stereocenters. The van der Waals surface area contributed by atoms with Crippen molar-refractivity contribution in [3.63, 3.8) is 0 Å². The second-order valence-corrected chi connectivity index (χ2v) is 9.81. The molecule has 9 heteroatoms. The third kappa shape index (κ3) is 5.68. The number of para-hydroxylation sites is 1. The highest BCUT2D eigenvalue weighted by Gasteiger charge is 2.29. The molecule has 0 spiro atoms. The molecule has 188 valence electrons. The monoisotopic (exact) mass is 516 g/mol. The Kier molecular flexibility index (Phi) is 8.75. The normalized spacial score (nSPS) is 15.4. The second-order valence-electron chi connectivity index (χ2n) is 7.95. The van der Waals surface area contributed by atoms with E-state index >= 15 is 0 Å². The maximum Gasteiger partial charge on any atom is 0.260 e. The smallest absolute Gasteiger partial charge is 0.260 e. The minimum atomic E-state index is -0.171. The van der Waals surface area contributed by atoms with Gasteiger partial charge in [0.25, 0.3) is 5.91 Å². The van der Waals surface area contributed by atoms with E-state index in [1.54, 1.807) is 28.8 Å². The fraction of sp³-hybridized carbons (Fsp3) is 0.462. The van der Waals surface area contributed by atoms with Crippen LogP contribution in [0.15, 0.2) is 35.2 Å². The molecule has 0 N–H and O–H groups in total. The van der Waals surface area contributed by atoms with E-state index in [0.717, 1.165) is 34.6 Å². The van der Waals surface area contributed by atoms with Crippen molar-refractivity contribution in [2.45, 2.75) is 44.6 Å². The zero-order chi connectivity index (χ0) is 24.8. The SMILES string of the molecule is CCOc1cc(C(=O)N(CC2CCCO2)c2nc3c(SC)cccc3s2)cc(OCC)c1OCC. The van der Waals surface area contributed by atoms with E-state index in [-0.39, 0.29) is 12.0 Å². The lowest BCUT2D eigenvalue weighted by atomic mass is 10.1. The highest BCUT2D eigenvalue weighted by atomic mass is 32.2. The van der Waals surface area contributed by atoms with Gasteiger partial charge in [-0.3, -0.25) is 9.69 Å². The molecule has 1 fully saturated rings. The van der Waals surface area contributed by atoms with E-state index < -0.39 is 0 Å². The fourth-order valence-electron chi connectivity index (χ4n) is 4.10. The van der Waals surface area contributed by atoms with E-state index in [9.17, 15) is 4.79 Å². The number of ether oxygens (including phenoxy) is 4. The van der Waals surface area contributed by atoms with Gasteiger partial charge in [-0.15, -0.1) is 11.8 Å². The summed E-state index contributed by atoms with van der Waals surface area (Å²) in [6.07, 6.45) is 3.93. The van der Waals surface area contributed by atoms with Crippen LogP contribution >= 0.6 is 23.1 Å². The van der Waals surface area contributed by atoms with Crippen LogP contribution in [0.2, 0.25) is 0 Å². The number of aromatic nitrogens is 1. The number of thioether (sulfide) groups is 1. The van der Waals surface area contributed by atoms with Crippen LogP contribution in [0.25, 0.3) is 10.2 Å². The van der Waals surface area contributed by atoms with Gasteiger partial charge in [-0.1, -0.05) is 17.4 Å². The maximum atomic E-state index is 14.0. The highest BCUT2D eigenvalue weighted by molar-refractivity contribution is 7.98. The Balaban J connectivity index is 1.78. The topological polar surface area (TPSA) is 70.1 Å². The van der Waals surface area contributed by atoms with E-state index in [4.69, 9.17) is 23.9 Å². The number of amides is 1. The Morgan fingerprint density at radius 3 is 2.46 bits per heavy atom. The number of anilines is 1. The summed E-state index contributed by atoms with van der Waals surface area (Å²) in [5.74, 6) is 1.34. The number of nitrogens with zero attached hydrogens (tertiary/aromatic N) is 2. The van der Waals surface area contributed by atoms with Crippen molar-refractivity contribution < 1.29 is 23.7 Å². The Morgan fingerprint density at radius 1 is 1.14 bits per heavy atom. The molecule has 2 aromatic carbocycles. The number of hydrogen-bond acceptors (Lipinski definition) is 8. The molecule has 4 rings (SSSR count). The summed E-state index contributed by atoms with van der Waals surface area (Å²) in [6.45, 7) is 8.21. The fourth-order valence-corrected chi connectivity index (χ4v) is 5.73. The number of thiazole rings is 1. The van der Waals surface area contributed by atoms with Gasteiger partial charge in [-0.25, -0.2) is 4.98 Å². The largest absolute Gasteiger partial charge is 0.490 e. The summed E-state index contributed by atoms with van der Waals surface area (Å²) >= 11 is 3.17. The maximum absolute atomic E-state index is 14.0. The van der Waals surface area contributed by atoms with E-state index in [0.29, 0.717) is 54.3 Å². The zero-order valence-electron chi connectivity index (χ0n) is 20.7. The van der Waals surface area contributed by atoms with Crippen LogP contribution in [-0.2, 0) is 4.74 Å². The molecule has 0 radical (unpaired) electrons. The first-order chi connectivity index (χ1) is 17.1. The number of benzene rings is 2. The first-order valence-corrected chi connectivity index (χ1v) is 14.1. The van der Waals surface area contributed by atoms with Gasteiger partial charge in [0.05, 0.1) is 42.7 Å². The van der Waals surface area contributed by atoms with Crippen molar-refractivity contribution >= 4 is 44.4 Å². The molecule has 0 saturated carbocycles. The molecule has 1 aliphatic rings. The van der Waals surface area contributed by atoms with E-state index in [1.165, 1.54) is 11.3 Å².